The maximum atomic E-state index is 12.2. The van der Waals surface area contributed by atoms with E-state index in [0.29, 0.717) is 12.1 Å². The van der Waals surface area contributed by atoms with Gasteiger partial charge in [-0.1, -0.05) is 23.2 Å². The van der Waals surface area contributed by atoms with Gasteiger partial charge in [-0.3, -0.25) is 4.79 Å². The van der Waals surface area contributed by atoms with Gasteiger partial charge in [-0.25, -0.2) is 4.98 Å². The first-order valence-corrected chi connectivity index (χ1v) is 6.12. The summed E-state index contributed by atoms with van der Waals surface area (Å²) in [5, 5.41) is 9.35. The summed E-state index contributed by atoms with van der Waals surface area (Å²) in [7, 11) is 0. The second kappa shape index (κ2) is 5.21. The fourth-order valence-corrected chi connectivity index (χ4v) is 2.16. The summed E-state index contributed by atoms with van der Waals surface area (Å²) in [6, 6.07) is 3.21. The zero-order chi connectivity index (χ0) is 12.4. The SMILES string of the molecule is O=C(c1cc(Cl)nc(Cl)c1)N(CCO)C1CC1. The van der Waals surface area contributed by atoms with E-state index < -0.39 is 0 Å². The van der Waals surface area contributed by atoms with Gasteiger partial charge in [-0.15, -0.1) is 0 Å². The van der Waals surface area contributed by atoms with Gasteiger partial charge in [0.15, 0.2) is 0 Å². The molecular weight excluding hydrogens is 263 g/mol. The largest absolute Gasteiger partial charge is 0.395 e. The van der Waals surface area contributed by atoms with Crippen LogP contribution in [-0.4, -0.2) is 40.1 Å². The zero-order valence-corrected chi connectivity index (χ0v) is 10.6. The minimum atomic E-state index is -0.159. The fourth-order valence-electron chi connectivity index (χ4n) is 1.70. The van der Waals surface area contributed by atoms with Crippen molar-refractivity contribution < 1.29 is 9.90 Å². The van der Waals surface area contributed by atoms with Gasteiger partial charge in [0.2, 0.25) is 0 Å². The molecule has 0 bridgehead atoms. The number of nitrogens with zero attached hydrogens (tertiary/aromatic N) is 2. The molecule has 0 saturated heterocycles. The molecule has 1 heterocycles. The Kier molecular flexibility index (Phi) is 3.86. The molecule has 1 fully saturated rings. The quantitative estimate of drug-likeness (QED) is 0.855. The van der Waals surface area contributed by atoms with Crippen LogP contribution in [0.5, 0.6) is 0 Å². The van der Waals surface area contributed by atoms with Crippen molar-refractivity contribution in [2.75, 3.05) is 13.2 Å². The van der Waals surface area contributed by atoms with Crippen molar-refractivity contribution in [3.8, 4) is 0 Å². The van der Waals surface area contributed by atoms with Gasteiger partial charge in [0.05, 0.1) is 6.61 Å². The Morgan fingerprint density at radius 2 is 2.00 bits per heavy atom. The third-order valence-corrected chi connectivity index (χ3v) is 2.99. The van der Waals surface area contributed by atoms with Gasteiger partial charge in [-0.2, -0.15) is 0 Å². The number of aromatic nitrogens is 1. The number of carbonyl (C=O) groups excluding carboxylic acids is 1. The van der Waals surface area contributed by atoms with Crippen LogP contribution in [0.15, 0.2) is 12.1 Å². The molecule has 1 saturated carbocycles. The van der Waals surface area contributed by atoms with E-state index in [1.165, 1.54) is 12.1 Å². The van der Waals surface area contributed by atoms with Crippen LogP contribution in [-0.2, 0) is 0 Å². The van der Waals surface area contributed by atoms with Crippen LogP contribution in [0.1, 0.15) is 23.2 Å². The molecule has 1 aromatic rings. The molecule has 4 nitrogen and oxygen atoms in total. The number of aliphatic hydroxyl groups excluding tert-OH is 1. The van der Waals surface area contributed by atoms with E-state index in [-0.39, 0.29) is 28.9 Å². The first kappa shape index (κ1) is 12.6. The van der Waals surface area contributed by atoms with Gasteiger partial charge < -0.3 is 10.0 Å². The third-order valence-electron chi connectivity index (χ3n) is 2.60. The molecule has 0 radical (unpaired) electrons. The first-order valence-electron chi connectivity index (χ1n) is 5.36. The van der Waals surface area contributed by atoms with Crippen molar-refractivity contribution in [1.29, 1.82) is 0 Å². The number of amides is 1. The van der Waals surface area contributed by atoms with Crippen molar-refractivity contribution in [2.24, 2.45) is 0 Å². The van der Waals surface area contributed by atoms with Crippen LogP contribution in [0, 0.1) is 0 Å². The molecule has 1 aliphatic rings. The number of carbonyl (C=O) groups is 1. The van der Waals surface area contributed by atoms with Crippen molar-refractivity contribution in [3.05, 3.63) is 28.0 Å². The molecule has 0 atom stereocenters. The van der Waals surface area contributed by atoms with Gasteiger partial charge in [-0.05, 0) is 25.0 Å². The Bertz CT molecular complexity index is 415. The van der Waals surface area contributed by atoms with Crippen molar-refractivity contribution in [2.45, 2.75) is 18.9 Å². The van der Waals surface area contributed by atoms with E-state index in [4.69, 9.17) is 28.3 Å². The minimum absolute atomic E-state index is 0.0468. The maximum absolute atomic E-state index is 12.2. The van der Waals surface area contributed by atoms with Crippen LogP contribution in [0.2, 0.25) is 10.3 Å². The van der Waals surface area contributed by atoms with Crippen LogP contribution in [0.4, 0.5) is 0 Å². The van der Waals surface area contributed by atoms with Crippen molar-refractivity contribution in [1.82, 2.24) is 9.88 Å². The molecule has 1 aromatic heterocycles. The molecule has 0 spiro atoms. The number of halogens is 2. The van der Waals surface area contributed by atoms with Crippen LogP contribution in [0.25, 0.3) is 0 Å². The molecule has 1 aliphatic carbocycles. The predicted octanol–water partition coefficient (Wildman–Crippen LogP) is 1.99. The average Bonchev–Trinajstić information content (AvgIpc) is 3.07. The Hall–Kier alpha value is -0.840. The highest BCUT2D eigenvalue weighted by atomic mass is 35.5. The van der Waals surface area contributed by atoms with Gasteiger partial charge >= 0.3 is 0 Å². The molecule has 0 aliphatic heterocycles. The molecule has 0 aromatic carbocycles. The predicted molar refractivity (Wildman–Crippen MR) is 65.4 cm³/mol. The van der Waals surface area contributed by atoms with Gasteiger partial charge in [0, 0.05) is 18.2 Å². The molecular formula is C11H12Cl2N2O2. The average molecular weight is 275 g/mol. The lowest BCUT2D eigenvalue weighted by atomic mass is 10.2. The molecule has 6 heteroatoms. The third kappa shape index (κ3) is 3.09. The normalized spacial score (nSPS) is 14.8. The molecule has 1 N–H and O–H groups in total. The monoisotopic (exact) mass is 274 g/mol. The van der Waals surface area contributed by atoms with Crippen molar-refractivity contribution >= 4 is 29.1 Å². The highest BCUT2D eigenvalue weighted by molar-refractivity contribution is 6.33. The molecule has 17 heavy (non-hydrogen) atoms. The summed E-state index contributed by atoms with van der Waals surface area (Å²) in [5.74, 6) is -0.159. The number of rotatable bonds is 4. The van der Waals surface area contributed by atoms with E-state index >= 15 is 0 Å². The minimum Gasteiger partial charge on any atom is -0.395 e. The smallest absolute Gasteiger partial charge is 0.254 e. The van der Waals surface area contributed by atoms with Crippen LogP contribution in [0.3, 0.4) is 0 Å². The Morgan fingerprint density at radius 3 is 2.47 bits per heavy atom. The van der Waals surface area contributed by atoms with E-state index in [0.717, 1.165) is 12.8 Å². The summed E-state index contributed by atoms with van der Waals surface area (Å²) in [5.41, 5.74) is 0.412. The summed E-state index contributed by atoms with van der Waals surface area (Å²) < 4.78 is 0. The lowest BCUT2D eigenvalue weighted by molar-refractivity contribution is 0.0707. The topological polar surface area (TPSA) is 53.4 Å². The van der Waals surface area contributed by atoms with E-state index in [2.05, 4.69) is 4.98 Å². The van der Waals surface area contributed by atoms with E-state index in [1.807, 2.05) is 0 Å². The number of aliphatic hydroxyl groups is 1. The van der Waals surface area contributed by atoms with Gasteiger partial charge in [0.1, 0.15) is 10.3 Å². The first-order chi connectivity index (χ1) is 8.11. The maximum Gasteiger partial charge on any atom is 0.254 e. The zero-order valence-electron chi connectivity index (χ0n) is 9.07. The summed E-state index contributed by atoms with van der Waals surface area (Å²) in [4.78, 5) is 17.6. The Labute approximate surface area is 109 Å². The molecule has 0 unspecified atom stereocenters. The number of hydrogen-bond donors (Lipinski definition) is 1. The Balaban J connectivity index is 2.21. The summed E-state index contributed by atoms with van der Waals surface area (Å²) >= 11 is 11.5. The van der Waals surface area contributed by atoms with Gasteiger partial charge in [0.25, 0.3) is 5.91 Å². The lowest BCUT2D eigenvalue weighted by Crippen LogP contribution is -2.35. The highest BCUT2D eigenvalue weighted by Crippen LogP contribution is 2.28. The molecule has 92 valence electrons. The van der Waals surface area contributed by atoms with Crippen LogP contribution < -0.4 is 0 Å². The fraction of sp³-hybridized carbons (Fsp3) is 0.455. The second-order valence-corrected chi connectivity index (χ2v) is 4.73. The number of hydrogen-bond acceptors (Lipinski definition) is 3. The molecule has 1 amide bonds. The van der Waals surface area contributed by atoms with Crippen molar-refractivity contribution in [3.63, 3.8) is 0 Å². The highest BCUT2D eigenvalue weighted by Gasteiger charge is 2.32. The Morgan fingerprint density at radius 1 is 1.41 bits per heavy atom. The van der Waals surface area contributed by atoms with Crippen LogP contribution >= 0.6 is 23.2 Å². The van der Waals surface area contributed by atoms with E-state index in [9.17, 15) is 4.79 Å². The standard InChI is InChI=1S/C11H12Cl2N2O2/c12-9-5-7(6-10(13)14-9)11(17)15(3-4-16)8-1-2-8/h5-6,8,16H,1-4H2. The molecule has 2 rings (SSSR count). The lowest BCUT2D eigenvalue weighted by Gasteiger charge is -2.21. The second-order valence-electron chi connectivity index (χ2n) is 3.95. The van der Waals surface area contributed by atoms with E-state index in [1.54, 1.807) is 4.90 Å². The summed E-state index contributed by atoms with van der Waals surface area (Å²) in [6.45, 7) is 0.288. The summed E-state index contributed by atoms with van der Waals surface area (Å²) in [6.07, 6.45) is 1.97. The number of pyridine rings is 1.